The fourth-order valence-electron chi connectivity index (χ4n) is 3.33. The molecule has 1 amide bonds. The molecular weight excluding hydrogens is 329 g/mol. The third kappa shape index (κ3) is 3.46. The number of rotatable bonds is 4. The highest BCUT2D eigenvalue weighted by Crippen LogP contribution is 2.27. The van der Waals surface area contributed by atoms with Crippen molar-refractivity contribution < 1.29 is 9.18 Å². The number of aromatic nitrogens is 2. The number of likely N-dealkylation sites (tertiary alicyclic amines) is 1. The minimum Gasteiger partial charge on any atom is -0.342 e. The van der Waals surface area contributed by atoms with Crippen molar-refractivity contribution in [2.45, 2.75) is 38.6 Å². The molecule has 1 aliphatic rings. The van der Waals surface area contributed by atoms with Gasteiger partial charge in [0.2, 0.25) is 5.91 Å². The molecule has 0 unspecified atom stereocenters. The van der Waals surface area contributed by atoms with Gasteiger partial charge in [0.1, 0.15) is 11.6 Å². The van der Waals surface area contributed by atoms with Crippen molar-refractivity contribution in [3.8, 4) is 0 Å². The highest BCUT2D eigenvalue weighted by molar-refractivity contribution is 6.31. The van der Waals surface area contributed by atoms with Crippen molar-refractivity contribution >= 4 is 17.5 Å². The van der Waals surface area contributed by atoms with E-state index in [0.29, 0.717) is 18.1 Å². The van der Waals surface area contributed by atoms with Gasteiger partial charge in [-0.05, 0) is 31.9 Å². The fourth-order valence-corrected chi connectivity index (χ4v) is 3.56. The maximum absolute atomic E-state index is 13.9. The number of aryl methyl sites for hydroxylation is 1. The van der Waals surface area contributed by atoms with Crippen LogP contribution in [-0.2, 0) is 17.8 Å². The second-order valence-electron chi connectivity index (χ2n) is 6.13. The predicted octanol–water partition coefficient (Wildman–Crippen LogP) is 3.64. The molecule has 6 heteroatoms. The Labute approximate surface area is 146 Å². The van der Waals surface area contributed by atoms with Gasteiger partial charge < -0.3 is 9.47 Å². The van der Waals surface area contributed by atoms with E-state index in [-0.39, 0.29) is 23.8 Å². The van der Waals surface area contributed by atoms with Gasteiger partial charge in [-0.1, -0.05) is 17.7 Å². The first-order chi connectivity index (χ1) is 11.6. The highest BCUT2D eigenvalue weighted by Gasteiger charge is 2.28. The van der Waals surface area contributed by atoms with E-state index in [2.05, 4.69) is 16.5 Å². The summed E-state index contributed by atoms with van der Waals surface area (Å²) in [5.74, 6) is 0.750. The molecule has 2 aromatic rings. The number of carbonyl (C=O) groups is 1. The summed E-state index contributed by atoms with van der Waals surface area (Å²) in [6.07, 6.45) is 5.72. The number of hydrogen-bond donors (Lipinski definition) is 0. The Kier molecular flexibility index (Phi) is 5.19. The van der Waals surface area contributed by atoms with Crippen LogP contribution in [0, 0.1) is 5.82 Å². The van der Waals surface area contributed by atoms with Gasteiger partial charge in [-0.25, -0.2) is 9.37 Å². The first-order valence-corrected chi connectivity index (χ1v) is 8.69. The lowest BCUT2D eigenvalue weighted by molar-refractivity contribution is -0.131. The Morgan fingerprint density at radius 1 is 1.46 bits per heavy atom. The monoisotopic (exact) mass is 349 g/mol. The van der Waals surface area contributed by atoms with Crippen LogP contribution >= 0.6 is 11.6 Å². The van der Waals surface area contributed by atoms with Crippen LogP contribution in [0.25, 0.3) is 0 Å². The van der Waals surface area contributed by atoms with Crippen LogP contribution in [0.15, 0.2) is 30.6 Å². The SMILES string of the molecule is CCn1ccnc1[C@H]1CCCN(C(=O)Cc2c(F)cccc2Cl)C1. The second-order valence-corrected chi connectivity index (χ2v) is 6.53. The van der Waals surface area contributed by atoms with Crippen LogP contribution in [0.2, 0.25) is 5.02 Å². The van der Waals surface area contributed by atoms with Crippen LogP contribution in [-0.4, -0.2) is 33.4 Å². The molecule has 4 nitrogen and oxygen atoms in total. The summed E-state index contributed by atoms with van der Waals surface area (Å²) in [6.45, 7) is 4.28. The van der Waals surface area contributed by atoms with E-state index < -0.39 is 5.82 Å². The summed E-state index contributed by atoms with van der Waals surface area (Å²) >= 11 is 6.04. The summed E-state index contributed by atoms with van der Waals surface area (Å²) in [4.78, 5) is 18.9. The molecule has 0 bridgehead atoms. The van der Waals surface area contributed by atoms with Crippen molar-refractivity contribution in [3.63, 3.8) is 0 Å². The molecule has 0 radical (unpaired) electrons. The zero-order valence-corrected chi connectivity index (χ0v) is 14.5. The van der Waals surface area contributed by atoms with Crippen molar-refractivity contribution in [3.05, 3.63) is 52.8 Å². The summed E-state index contributed by atoms with van der Waals surface area (Å²) in [6, 6.07) is 4.50. The van der Waals surface area contributed by atoms with Crippen LogP contribution in [0.4, 0.5) is 4.39 Å². The summed E-state index contributed by atoms with van der Waals surface area (Å²) < 4.78 is 16.0. The van der Waals surface area contributed by atoms with E-state index in [4.69, 9.17) is 11.6 Å². The number of carbonyl (C=O) groups excluding carboxylic acids is 1. The van der Waals surface area contributed by atoms with Gasteiger partial charge in [-0.15, -0.1) is 0 Å². The average molecular weight is 350 g/mol. The number of amides is 1. The number of benzene rings is 1. The second kappa shape index (κ2) is 7.34. The molecule has 1 aromatic heterocycles. The first-order valence-electron chi connectivity index (χ1n) is 8.31. The number of nitrogens with zero attached hydrogens (tertiary/aromatic N) is 3. The van der Waals surface area contributed by atoms with Crippen LogP contribution in [0.5, 0.6) is 0 Å². The van der Waals surface area contributed by atoms with E-state index in [1.807, 2.05) is 11.1 Å². The van der Waals surface area contributed by atoms with Crippen molar-refractivity contribution in [1.29, 1.82) is 0 Å². The molecule has 0 aliphatic carbocycles. The molecule has 0 spiro atoms. The summed E-state index contributed by atoms with van der Waals surface area (Å²) in [5.41, 5.74) is 0.279. The average Bonchev–Trinajstić information content (AvgIpc) is 3.07. The van der Waals surface area contributed by atoms with Gasteiger partial charge >= 0.3 is 0 Å². The minimum absolute atomic E-state index is 0.000441. The molecule has 24 heavy (non-hydrogen) atoms. The molecule has 0 N–H and O–H groups in total. The normalized spacial score (nSPS) is 18.0. The fraction of sp³-hybridized carbons (Fsp3) is 0.444. The van der Waals surface area contributed by atoms with E-state index in [9.17, 15) is 9.18 Å². The van der Waals surface area contributed by atoms with Crippen LogP contribution < -0.4 is 0 Å². The molecule has 1 saturated heterocycles. The lowest BCUT2D eigenvalue weighted by atomic mass is 9.96. The highest BCUT2D eigenvalue weighted by atomic mass is 35.5. The molecule has 1 fully saturated rings. The maximum atomic E-state index is 13.9. The molecular formula is C18H21ClFN3O. The quantitative estimate of drug-likeness (QED) is 0.845. The van der Waals surface area contributed by atoms with Gasteiger partial charge in [-0.2, -0.15) is 0 Å². The lowest BCUT2D eigenvalue weighted by Crippen LogP contribution is -2.40. The molecule has 1 atom stereocenters. The molecule has 2 heterocycles. The zero-order valence-electron chi connectivity index (χ0n) is 13.7. The summed E-state index contributed by atoms with van der Waals surface area (Å²) in [5, 5.41) is 0.304. The standard InChI is InChI=1S/C18H21ClFN3O/c1-2-22-10-8-21-18(22)13-5-4-9-23(12-13)17(24)11-14-15(19)6-3-7-16(14)20/h3,6-8,10,13H,2,4-5,9,11-12H2,1H3/t13-/m0/s1. The van der Waals surface area contributed by atoms with Crippen molar-refractivity contribution in [1.82, 2.24) is 14.5 Å². The van der Waals surface area contributed by atoms with Crippen LogP contribution in [0.1, 0.15) is 37.1 Å². The molecule has 3 rings (SSSR count). The third-order valence-electron chi connectivity index (χ3n) is 4.62. The number of piperidine rings is 1. The zero-order chi connectivity index (χ0) is 17.1. The van der Waals surface area contributed by atoms with Crippen molar-refractivity contribution in [2.75, 3.05) is 13.1 Å². The van der Waals surface area contributed by atoms with Gasteiger partial charge in [-0.3, -0.25) is 4.79 Å². The minimum atomic E-state index is -0.425. The van der Waals surface area contributed by atoms with Crippen molar-refractivity contribution in [2.24, 2.45) is 0 Å². The number of hydrogen-bond acceptors (Lipinski definition) is 2. The van der Waals surface area contributed by atoms with E-state index in [0.717, 1.165) is 25.2 Å². The Morgan fingerprint density at radius 2 is 2.29 bits per heavy atom. The van der Waals surface area contributed by atoms with Gasteiger partial charge in [0, 0.05) is 48.5 Å². The topological polar surface area (TPSA) is 38.1 Å². The van der Waals surface area contributed by atoms with E-state index in [1.54, 1.807) is 18.3 Å². The van der Waals surface area contributed by atoms with E-state index in [1.165, 1.54) is 6.07 Å². The Morgan fingerprint density at radius 3 is 3.04 bits per heavy atom. The number of imidazole rings is 1. The van der Waals surface area contributed by atoms with E-state index >= 15 is 0 Å². The Bertz CT molecular complexity index is 711. The lowest BCUT2D eigenvalue weighted by Gasteiger charge is -2.33. The third-order valence-corrected chi connectivity index (χ3v) is 4.97. The smallest absolute Gasteiger partial charge is 0.227 e. The van der Waals surface area contributed by atoms with Gasteiger partial charge in [0.15, 0.2) is 0 Å². The number of halogens is 2. The largest absolute Gasteiger partial charge is 0.342 e. The molecule has 1 aromatic carbocycles. The maximum Gasteiger partial charge on any atom is 0.227 e. The predicted molar refractivity (Wildman–Crippen MR) is 91.6 cm³/mol. The molecule has 1 aliphatic heterocycles. The van der Waals surface area contributed by atoms with Gasteiger partial charge in [0.25, 0.3) is 0 Å². The van der Waals surface area contributed by atoms with Gasteiger partial charge in [0.05, 0.1) is 6.42 Å². The summed E-state index contributed by atoms with van der Waals surface area (Å²) in [7, 11) is 0. The first kappa shape index (κ1) is 17.0. The Hall–Kier alpha value is -1.88. The molecule has 0 saturated carbocycles. The van der Waals surface area contributed by atoms with Crippen LogP contribution in [0.3, 0.4) is 0 Å². The Balaban J connectivity index is 1.71. The molecule has 128 valence electrons.